The molecule has 1 N–H and O–H groups in total. The van der Waals surface area contributed by atoms with E-state index < -0.39 is 5.82 Å². The zero-order valence-electron chi connectivity index (χ0n) is 25.6. The van der Waals surface area contributed by atoms with Crippen LogP contribution in [0.3, 0.4) is 0 Å². The minimum Gasteiger partial charge on any atom is -0.493 e. The average Bonchev–Trinajstić information content (AvgIpc) is 3.02. The van der Waals surface area contributed by atoms with Gasteiger partial charge in [-0.05, 0) is 67.0 Å². The van der Waals surface area contributed by atoms with Crippen LogP contribution in [-0.4, -0.2) is 72.8 Å². The molecule has 2 atom stereocenters. The first kappa shape index (κ1) is 31.1. The summed E-state index contributed by atoms with van der Waals surface area (Å²) in [6.45, 7) is 5.06. The number of Topliss-reactive ketones (excluding diaryl/α,β-unsaturated/α-hetero) is 1. The Kier molecular flexibility index (Phi) is 9.90. The van der Waals surface area contributed by atoms with Crippen LogP contribution >= 0.6 is 0 Å². The number of carbonyl (C=O) groups excluding carboxylic acids is 3. The highest BCUT2D eigenvalue weighted by molar-refractivity contribution is 6.03. The van der Waals surface area contributed by atoms with Gasteiger partial charge >= 0.3 is 0 Å². The first-order chi connectivity index (χ1) is 21.2. The number of likely N-dealkylation sites (N-methyl/N-ethyl adjacent to an activating group) is 1. The predicted octanol–water partition coefficient (Wildman–Crippen LogP) is 5.09. The lowest BCUT2D eigenvalue weighted by atomic mass is 9.82. The van der Waals surface area contributed by atoms with Crippen molar-refractivity contribution in [3.8, 4) is 5.75 Å². The van der Waals surface area contributed by atoms with E-state index in [1.807, 2.05) is 30.1 Å². The topological polar surface area (TPSA) is 79.0 Å². The monoisotopic (exact) mass is 597 g/mol. The number of nitrogens with one attached hydrogen (secondary N) is 1. The Morgan fingerprint density at radius 1 is 0.955 bits per heavy atom. The summed E-state index contributed by atoms with van der Waals surface area (Å²) in [5, 5.41) is 3.61. The molecule has 1 saturated heterocycles. The molecule has 3 aromatic rings. The van der Waals surface area contributed by atoms with Crippen molar-refractivity contribution in [1.82, 2.24) is 15.1 Å². The smallest absolute Gasteiger partial charge is 0.251 e. The summed E-state index contributed by atoms with van der Waals surface area (Å²) < 4.78 is 19.4. The van der Waals surface area contributed by atoms with Gasteiger partial charge < -0.3 is 19.9 Å². The maximum Gasteiger partial charge on any atom is 0.251 e. The van der Waals surface area contributed by atoms with E-state index in [-0.39, 0.29) is 35.4 Å². The first-order valence-corrected chi connectivity index (χ1v) is 15.3. The molecule has 44 heavy (non-hydrogen) atoms. The number of rotatable bonds is 11. The van der Waals surface area contributed by atoms with Gasteiger partial charge in [-0.2, -0.15) is 0 Å². The van der Waals surface area contributed by atoms with E-state index in [9.17, 15) is 18.8 Å². The molecule has 0 aliphatic carbocycles. The SMILES string of the molecule is CC(=O)c1ccc(F)cc1OCCCc1ccc(C2=C(C(=O)N(C)CCc3ccccc3)[C@H]3CN(C(C)=O)C[C@@H](C2)N3)cc1. The maximum atomic E-state index is 14.0. The van der Waals surface area contributed by atoms with Crippen molar-refractivity contribution in [2.45, 2.75) is 51.6 Å². The van der Waals surface area contributed by atoms with Gasteiger partial charge in [0.2, 0.25) is 5.91 Å². The quantitative estimate of drug-likeness (QED) is 0.246. The molecular weight excluding hydrogens is 557 g/mol. The van der Waals surface area contributed by atoms with Crippen LogP contribution in [0.2, 0.25) is 0 Å². The summed E-state index contributed by atoms with van der Waals surface area (Å²) in [7, 11) is 1.85. The fourth-order valence-corrected chi connectivity index (χ4v) is 6.11. The standard InChI is InChI=1S/C36H40FN3O4/c1-24(41)31-16-15-29(37)20-34(31)44-19-7-10-27-11-13-28(14-12-27)32-21-30-22-40(25(2)42)23-33(38-30)35(32)36(43)39(3)18-17-26-8-5-4-6-9-26/h4-6,8-9,11-16,20,30,33,38H,7,10,17-19,21-23H2,1-3H3/t30-,33-/m1/s1. The molecule has 230 valence electrons. The number of nitrogens with zero attached hydrogens (tertiary/aromatic N) is 2. The Labute approximate surface area is 258 Å². The lowest BCUT2D eigenvalue weighted by molar-refractivity contribution is -0.132. The van der Waals surface area contributed by atoms with E-state index in [0.29, 0.717) is 44.6 Å². The van der Waals surface area contributed by atoms with Crippen LogP contribution in [0.5, 0.6) is 5.75 Å². The molecule has 0 saturated carbocycles. The van der Waals surface area contributed by atoms with Crippen LogP contribution in [0.1, 0.15) is 53.7 Å². The van der Waals surface area contributed by atoms with Gasteiger partial charge in [0.05, 0.1) is 18.2 Å². The molecule has 0 unspecified atom stereocenters. The van der Waals surface area contributed by atoms with E-state index in [0.717, 1.165) is 35.1 Å². The van der Waals surface area contributed by atoms with Crippen LogP contribution < -0.4 is 10.1 Å². The zero-order chi connectivity index (χ0) is 31.2. The van der Waals surface area contributed by atoms with Crippen LogP contribution in [-0.2, 0) is 22.4 Å². The summed E-state index contributed by atoms with van der Waals surface area (Å²) in [5.74, 6) is -0.323. The van der Waals surface area contributed by atoms with Crippen molar-refractivity contribution < 1.29 is 23.5 Å². The molecule has 0 spiro atoms. The molecule has 1 fully saturated rings. The van der Waals surface area contributed by atoms with Crippen LogP contribution in [0, 0.1) is 5.82 Å². The Morgan fingerprint density at radius 2 is 1.68 bits per heavy atom. The number of fused-ring (bicyclic) bond motifs is 2. The molecule has 7 nitrogen and oxygen atoms in total. The highest BCUT2D eigenvalue weighted by Gasteiger charge is 2.39. The number of hydrogen-bond donors (Lipinski definition) is 1. The van der Waals surface area contributed by atoms with Gasteiger partial charge in [-0.3, -0.25) is 14.4 Å². The van der Waals surface area contributed by atoms with E-state index in [4.69, 9.17) is 4.74 Å². The lowest BCUT2D eigenvalue weighted by Crippen LogP contribution is -2.61. The Hall–Kier alpha value is -4.30. The van der Waals surface area contributed by atoms with Crippen molar-refractivity contribution in [3.63, 3.8) is 0 Å². The second kappa shape index (κ2) is 14.0. The van der Waals surface area contributed by atoms with Crippen molar-refractivity contribution >= 4 is 23.2 Å². The normalized spacial score (nSPS) is 17.8. The third kappa shape index (κ3) is 7.42. The molecule has 0 radical (unpaired) electrons. The number of hydrogen-bond acceptors (Lipinski definition) is 5. The molecule has 2 aliphatic heterocycles. The van der Waals surface area contributed by atoms with Crippen molar-refractivity contribution in [1.29, 1.82) is 0 Å². The number of aryl methyl sites for hydroxylation is 1. The van der Waals surface area contributed by atoms with Crippen molar-refractivity contribution in [3.05, 3.63) is 106 Å². The molecule has 5 rings (SSSR count). The molecule has 2 amide bonds. The minimum atomic E-state index is -0.439. The van der Waals surface area contributed by atoms with Crippen LogP contribution in [0.25, 0.3) is 5.57 Å². The van der Waals surface area contributed by atoms with Crippen LogP contribution in [0.15, 0.2) is 78.4 Å². The number of amides is 2. The van der Waals surface area contributed by atoms with Crippen molar-refractivity contribution in [2.75, 3.05) is 33.3 Å². The highest BCUT2D eigenvalue weighted by Crippen LogP contribution is 2.34. The predicted molar refractivity (Wildman–Crippen MR) is 169 cm³/mol. The number of ether oxygens (including phenoxy) is 1. The third-order valence-electron chi connectivity index (χ3n) is 8.50. The van der Waals surface area contributed by atoms with E-state index >= 15 is 0 Å². The molecule has 3 aromatic carbocycles. The maximum absolute atomic E-state index is 14.0. The van der Waals surface area contributed by atoms with Gasteiger partial charge in [0.1, 0.15) is 11.6 Å². The molecule has 2 heterocycles. The van der Waals surface area contributed by atoms with Gasteiger partial charge in [-0.1, -0.05) is 54.6 Å². The molecule has 2 aliphatic rings. The summed E-state index contributed by atoms with van der Waals surface area (Å²) in [4.78, 5) is 41.8. The molecule has 2 bridgehead atoms. The van der Waals surface area contributed by atoms with Gasteiger partial charge in [-0.25, -0.2) is 4.39 Å². The summed E-state index contributed by atoms with van der Waals surface area (Å²) in [5.41, 5.74) is 5.46. The second-order valence-electron chi connectivity index (χ2n) is 11.7. The number of halogens is 1. The summed E-state index contributed by atoms with van der Waals surface area (Å²) in [6.07, 6.45) is 2.87. The number of piperazine rings is 1. The molecule has 0 aromatic heterocycles. The van der Waals surface area contributed by atoms with E-state index in [2.05, 4.69) is 41.7 Å². The number of carbonyl (C=O) groups is 3. The van der Waals surface area contributed by atoms with Gasteiger partial charge in [-0.15, -0.1) is 0 Å². The lowest BCUT2D eigenvalue weighted by Gasteiger charge is -2.44. The second-order valence-corrected chi connectivity index (χ2v) is 11.7. The van der Waals surface area contributed by atoms with Gasteiger partial charge in [0.25, 0.3) is 5.91 Å². The van der Waals surface area contributed by atoms with Crippen molar-refractivity contribution in [2.24, 2.45) is 0 Å². The third-order valence-corrected chi connectivity index (χ3v) is 8.50. The summed E-state index contributed by atoms with van der Waals surface area (Å²) in [6, 6.07) is 22.3. The minimum absolute atomic E-state index is 0.0132. The number of benzene rings is 3. The summed E-state index contributed by atoms with van der Waals surface area (Å²) >= 11 is 0. The van der Waals surface area contributed by atoms with Crippen LogP contribution in [0.4, 0.5) is 4.39 Å². The zero-order valence-corrected chi connectivity index (χ0v) is 25.6. The fourth-order valence-electron chi connectivity index (χ4n) is 6.11. The number of ketones is 1. The first-order valence-electron chi connectivity index (χ1n) is 15.3. The van der Waals surface area contributed by atoms with Gasteiger partial charge in [0.15, 0.2) is 5.78 Å². The Morgan fingerprint density at radius 3 is 2.39 bits per heavy atom. The Balaban J connectivity index is 1.30. The largest absolute Gasteiger partial charge is 0.493 e. The van der Waals surface area contributed by atoms with E-state index in [1.54, 1.807) is 11.8 Å². The highest BCUT2D eigenvalue weighted by atomic mass is 19.1. The van der Waals surface area contributed by atoms with E-state index in [1.165, 1.54) is 30.7 Å². The van der Waals surface area contributed by atoms with Gasteiger partial charge in [0, 0.05) is 51.3 Å². The molecular formula is C36H40FN3O4. The fraction of sp³-hybridized carbons (Fsp3) is 0.361. The Bertz CT molecular complexity index is 1540. The average molecular weight is 598 g/mol. The molecule has 8 heteroatoms.